The number of rotatable bonds is 4. The largest absolute Gasteiger partial charge is 0.457 e. The molecular formula is C18H20N2O3. The lowest BCUT2D eigenvalue weighted by atomic mass is 10.1. The molecule has 0 radical (unpaired) electrons. The van der Waals surface area contributed by atoms with Gasteiger partial charge in [0.15, 0.2) is 0 Å². The zero-order valence-corrected chi connectivity index (χ0v) is 13.4. The molecule has 120 valence electrons. The molecule has 0 N–H and O–H groups in total. The molecule has 2 aromatic carbocycles. The van der Waals surface area contributed by atoms with Gasteiger partial charge in [-0.25, -0.2) is 0 Å². The van der Waals surface area contributed by atoms with Gasteiger partial charge in [-0.2, -0.15) is 0 Å². The van der Waals surface area contributed by atoms with Crippen molar-refractivity contribution in [2.75, 3.05) is 18.0 Å². The van der Waals surface area contributed by atoms with Crippen LogP contribution < -0.4 is 9.64 Å². The second-order valence-electron chi connectivity index (χ2n) is 6.06. The second-order valence-corrected chi connectivity index (χ2v) is 6.06. The number of ether oxygens (including phenoxy) is 1. The molecule has 1 heterocycles. The van der Waals surface area contributed by atoms with E-state index < -0.39 is 0 Å². The van der Waals surface area contributed by atoms with Crippen LogP contribution in [-0.4, -0.2) is 18.0 Å². The molecule has 3 rings (SSSR count). The van der Waals surface area contributed by atoms with Gasteiger partial charge in [-0.15, -0.1) is 0 Å². The average Bonchev–Trinajstić information content (AvgIpc) is 2.99. The number of nitrogens with zero attached hydrogens (tertiary/aromatic N) is 2. The quantitative estimate of drug-likeness (QED) is 0.611. The Labute approximate surface area is 135 Å². The van der Waals surface area contributed by atoms with Gasteiger partial charge in [-0.05, 0) is 49.9 Å². The lowest BCUT2D eigenvalue weighted by molar-refractivity contribution is -0.384. The van der Waals surface area contributed by atoms with Gasteiger partial charge in [0.2, 0.25) is 0 Å². The van der Waals surface area contributed by atoms with Crippen LogP contribution in [0.1, 0.15) is 24.0 Å². The van der Waals surface area contributed by atoms with Gasteiger partial charge in [-0.1, -0.05) is 6.07 Å². The Hall–Kier alpha value is -2.56. The predicted molar refractivity (Wildman–Crippen MR) is 90.5 cm³/mol. The van der Waals surface area contributed by atoms with E-state index >= 15 is 0 Å². The zero-order chi connectivity index (χ0) is 16.4. The summed E-state index contributed by atoms with van der Waals surface area (Å²) in [7, 11) is 0. The van der Waals surface area contributed by atoms with Crippen LogP contribution in [0, 0.1) is 24.0 Å². The molecule has 0 saturated carbocycles. The Morgan fingerprint density at radius 2 is 1.57 bits per heavy atom. The van der Waals surface area contributed by atoms with E-state index in [0.29, 0.717) is 11.5 Å². The van der Waals surface area contributed by atoms with E-state index in [2.05, 4.69) is 11.0 Å². The van der Waals surface area contributed by atoms with Crippen LogP contribution in [0.15, 0.2) is 36.4 Å². The number of aryl methyl sites for hydroxylation is 2. The summed E-state index contributed by atoms with van der Waals surface area (Å²) in [5.74, 6) is 1.21. The first-order chi connectivity index (χ1) is 11.0. The average molecular weight is 312 g/mol. The van der Waals surface area contributed by atoms with Crippen LogP contribution >= 0.6 is 0 Å². The van der Waals surface area contributed by atoms with Crippen LogP contribution in [0.4, 0.5) is 11.4 Å². The highest BCUT2D eigenvalue weighted by molar-refractivity contribution is 5.59. The maximum atomic E-state index is 11.2. The fourth-order valence-electron chi connectivity index (χ4n) is 3.02. The fourth-order valence-corrected chi connectivity index (χ4v) is 3.02. The number of hydrogen-bond donors (Lipinski definition) is 0. The number of anilines is 1. The topological polar surface area (TPSA) is 55.6 Å². The smallest absolute Gasteiger partial charge is 0.275 e. The summed E-state index contributed by atoms with van der Waals surface area (Å²) >= 11 is 0. The molecule has 0 aliphatic carbocycles. The third kappa shape index (κ3) is 3.62. The molecule has 0 atom stereocenters. The van der Waals surface area contributed by atoms with E-state index in [4.69, 9.17) is 4.74 Å². The third-order valence-corrected chi connectivity index (χ3v) is 3.99. The molecule has 1 aliphatic rings. The molecule has 0 bridgehead atoms. The van der Waals surface area contributed by atoms with E-state index in [9.17, 15) is 10.1 Å². The highest BCUT2D eigenvalue weighted by Gasteiger charge is 2.18. The maximum absolute atomic E-state index is 11.2. The SMILES string of the molecule is Cc1cc(C)cc(Oc2cc(N3CCCC3)cc([N+](=O)[O-])c2)c1. The number of nitro groups is 1. The second kappa shape index (κ2) is 6.28. The molecule has 1 fully saturated rings. The van der Waals surface area contributed by atoms with Crippen LogP contribution in [-0.2, 0) is 0 Å². The Balaban J connectivity index is 1.95. The number of nitro benzene ring substituents is 1. The van der Waals surface area contributed by atoms with Gasteiger partial charge < -0.3 is 9.64 Å². The first-order valence-electron chi connectivity index (χ1n) is 7.82. The van der Waals surface area contributed by atoms with Crippen molar-refractivity contribution in [3.8, 4) is 11.5 Å². The van der Waals surface area contributed by atoms with Gasteiger partial charge in [0.25, 0.3) is 5.69 Å². The van der Waals surface area contributed by atoms with Gasteiger partial charge in [0.1, 0.15) is 11.5 Å². The zero-order valence-electron chi connectivity index (χ0n) is 13.4. The fraction of sp³-hybridized carbons (Fsp3) is 0.333. The normalized spacial score (nSPS) is 14.1. The summed E-state index contributed by atoms with van der Waals surface area (Å²) in [4.78, 5) is 13.0. The number of hydrogen-bond acceptors (Lipinski definition) is 4. The molecule has 23 heavy (non-hydrogen) atoms. The van der Waals surface area contributed by atoms with E-state index in [1.807, 2.05) is 32.0 Å². The predicted octanol–water partition coefficient (Wildman–Crippen LogP) is 4.60. The summed E-state index contributed by atoms with van der Waals surface area (Å²) in [5.41, 5.74) is 3.13. The molecule has 1 aliphatic heterocycles. The van der Waals surface area contributed by atoms with Crippen molar-refractivity contribution in [3.63, 3.8) is 0 Å². The molecule has 0 amide bonds. The van der Waals surface area contributed by atoms with E-state index in [1.165, 1.54) is 6.07 Å². The summed E-state index contributed by atoms with van der Waals surface area (Å²) in [5, 5.41) is 11.2. The standard InChI is InChI=1S/C18H20N2O3/c1-13-7-14(2)9-17(8-13)23-18-11-15(19-5-3-4-6-19)10-16(12-18)20(21)22/h7-12H,3-6H2,1-2H3. The van der Waals surface area contributed by atoms with Crippen LogP contribution in [0.2, 0.25) is 0 Å². The Morgan fingerprint density at radius 1 is 0.957 bits per heavy atom. The summed E-state index contributed by atoms with van der Waals surface area (Å²) < 4.78 is 5.90. The monoisotopic (exact) mass is 312 g/mol. The minimum absolute atomic E-state index is 0.0637. The lowest BCUT2D eigenvalue weighted by Crippen LogP contribution is -2.17. The first-order valence-corrected chi connectivity index (χ1v) is 7.82. The molecule has 0 spiro atoms. The number of benzene rings is 2. The van der Waals surface area contributed by atoms with Crippen LogP contribution in [0.25, 0.3) is 0 Å². The lowest BCUT2D eigenvalue weighted by Gasteiger charge is -2.18. The van der Waals surface area contributed by atoms with Crippen molar-refractivity contribution in [1.29, 1.82) is 0 Å². The number of non-ortho nitro benzene ring substituents is 1. The van der Waals surface area contributed by atoms with Crippen molar-refractivity contribution in [2.24, 2.45) is 0 Å². The first kappa shape index (κ1) is 15.3. The van der Waals surface area contributed by atoms with Crippen molar-refractivity contribution < 1.29 is 9.66 Å². The van der Waals surface area contributed by atoms with Crippen molar-refractivity contribution in [3.05, 3.63) is 57.6 Å². The minimum Gasteiger partial charge on any atom is -0.457 e. The third-order valence-electron chi connectivity index (χ3n) is 3.99. The van der Waals surface area contributed by atoms with Crippen LogP contribution in [0.3, 0.4) is 0 Å². The van der Waals surface area contributed by atoms with Crippen molar-refractivity contribution in [2.45, 2.75) is 26.7 Å². The van der Waals surface area contributed by atoms with E-state index in [1.54, 1.807) is 6.07 Å². The molecular weight excluding hydrogens is 292 g/mol. The van der Waals surface area contributed by atoms with Gasteiger partial charge in [-0.3, -0.25) is 10.1 Å². The summed E-state index contributed by atoms with van der Waals surface area (Å²) in [6.45, 7) is 5.88. The molecule has 0 unspecified atom stereocenters. The molecule has 2 aromatic rings. The highest BCUT2D eigenvalue weighted by atomic mass is 16.6. The molecule has 5 nitrogen and oxygen atoms in total. The minimum atomic E-state index is -0.367. The van der Waals surface area contributed by atoms with E-state index in [0.717, 1.165) is 42.7 Å². The van der Waals surface area contributed by atoms with Crippen molar-refractivity contribution >= 4 is 11.4 Å². The maximum Gasteiger partial charge on any atom is 0.275 e. The van der Waals surface area contributed by atoms with Gasteiger partial charge in [0, 0.05) is 30.9 Å². The van der Waals surface area contributed by atoms with Crippen LogP contribution in [0.5, 0.6) is 11.5 Å². The van der Waals surface area contributed by atoms with Crippen molar-refractivity contribution in [1.82, 2.24) is 0 Å². The summed E-state index contributed by atoms with van der Waals surface area (Å²) in [6, 6.07) is 10.9. The summed E-state index contributed by atoms with van der Waals surface area (Å²) in [6.07, 6.45) is 2.24. The Kier molecular flexibility index (Phi) is 4.19. The Morgan fingerprint density at radius 3 is 2.17 bits per heavy atom. The van der Waals surface area contributed by atoms with Gasteiger partial charge in [0.05, 0.1) is 11.0 Å². The van der Waals surface area contributed by atoms with Gasteiger partial charge >= 0.3 is 0 Å². The highest BCUT2D eigenvalue weighted by Crippen LogP contribution is 2.33. The molecule has 0 aromatic heterocycles. The Bertz CT molecular complexity index is 717. The van der Waals surface area contributed by atoms with E-state index in [-0.39, 0.29) is 10.6 Å². The molecule has 5 heteroatoms. The molecule has 1 saturated heterocycles.